The maximum atomic E-state index is 13.6. The number of amides is 1. The highest BCUT2D eigenvalue weighted by Gasteiger charge is 2.41. The zero-order chi connectivity index (χ0) is 23.0. The van der Waals surface area contributed by atoms with Gasteiger partial charge < -0.3 is 10.1 Å². The van der Waals surface area contributed by atoms with Crippen molar-refractivity contribution in [2.75, 3.05) is 13.7 Å². The van der Waals surface area contributed by atoms with Gasteiger partial charge in [0.25, 0.3) is 5.91 Å². The summed E-state index contributed by atoms with van der Waals surface area (Å²) >= 11 is 5.82. The standard InChI is InChI=1S/C19H17ClF4N2O4S/c1-30-17-5-11(4-16(20)26-17)18(27)25-9-10-2-14(3-10)31(28,29)15-7-12(19(22,23)24)6-13(21)8-15/h4-8,10,14H,2-3,9H2,1H3,(H,25,27). The van der Waals surface area contributed by atoms with Crippen molar-refractivity contribution >= 4 is 27.3 Å². The lowest BCUT2D eigenvalue weighted by Crippen LogP contribution is -2.42. The van der Waals surface area contributed by atoms with Gasteiger partial charge in [0.1, 0.15) is 11.0 Å². The Morgan fingerprint density at radius 2 is 1.90 bits per heavy atom. The zero-order valence-electron chi connectivity index (χ0n) is 16.0. The number of pyridine rings is 1. The number of sulfone groups is 1. The molecule has 1 aliphatic carbocycles. The normalized spacial score (nSPS) is 18.9. The first-order valence-electron chi connectivity index (χ1n) is 9.01. The number of halogens is 5. The highest BCUT2D eigenvalue weighted by molar-refractivity contribution is 7.92. The summed E-state index contributed by atoms with van der Waals surface area (Å²) < 4.78 is 82.3. The number of rotatable bonds is 6. The van der Waals surface area contributed by atoms with E-state index in [0.717, 1.165) is 0 Å². The van der Waals surface area contributed by atoms with Crippen molar-refractivity contribution < 1.29 is 35.5 Å². The number of hydrogen-bond donors (Lipinski definition) is 1. The second kappa shape index (κ2) is 8.62. The van der Waals surface area contributed by atoms with E-state index >= 15 is 0 Å². The van der Waals surface area contributed by atoms with Crippen LogP contribution >= 0.6 is 11.6 Å². The van der Waals surface area contributed by atoms with E-state index in [0.29, 0.717) is 12.1 Å². The molecule has 0 unspecified atom stereocenters. The smallest absolute Gasteiger partial charge is 0.416 e. The van der Waals surface area contributed by atoms with Crippen LogP contribution in [-0.4, -0.2) is 38.2 Å². The lowest BCUT2D eigenvalue weighted by atomic mass is 9.85. The number of hydrogen-bond acceptors (Lipinski definition) is 5. The van der Waals surface area contributed by atoms with E-state index in [1.165, 1.54) is 19.2 Å². The van der Waals surface area contributed by atoms with E-state index in [-0.39, 0.29) is 48.0 Å². The van der Waals surface area contributed by atoms with Crippen molar-refractivity contribution in [2.45, 2.75) is 29.2 Å². The molecule has 12 heteroatoms. The third kappa shape index (κ3) is 5.27. The average molecular weight is 481 g/mol. The SMILES string of the molecule is COc1cc(C(=O)NCC2CC(S(=O)(=O)c3cc(F)cc(C(F)(F)F)c3)C2)cc(Cl)n1. The largest absolute Gasteiger partial charge is 0.481 e. The summed E-state index contributed by atoms with van der Waals surface area (Å²) in [5.41, 5.74) is -1.15. The van der Waals surface area contributed by atoms with Gasteiger partial charge >= 0.3 is 6.18 Å². The molecular weight excluding hydrogens is 464 g/mol. The molecule has 0 aliphatic heterocycles. The van der Waals surface area contributed by atoms with Crippen LogP contribution in [0.4, 0.5) is 17.6 Å². The van der Waals surface area contributed by atoms with Gasteiger partial charge in [0.05, 0.1) is 22.8 Å². The number of benzene rings is 1. The molecule has 0 atom stereocenters. The summed E-state index contributed by atoms with van der Waals surface area (Å²) in [6.45, 7) is 0.157. The molecule has 1 heterocycles. The molecule has 0 radical (unpaired) electrons. The number of ether oxygens (including phenoxy) is 1. The van der Waals surface area contributed by atoms with Crippen LogP contribution in [0.1, 0.15) is 28.8 Å². The van der Waals surface area contributed by atoms with Gasteiger partial charge in [0.15, 0.2) is 9.84 Å². The van der Waals surface area contributed by atoms with Gasteiger partial charge in [-0.25, -0.2) is 17.8 Å². The molecule has 0 bridgehead atoms. The summed E-state index contributed by atoms with van der Waals surface area (Å²) in [7, 11) is -2.77. The Hall–Kier alpha value is -2.40. The number of nitrogens with one attached hydrogen (secondary N) is 1. The molecule has 3 rings (SSSR count). The van der Waals surface area contributed by atoms with E-state index in [2.05, 4.69) is 10.3 Å². The molecule has 1 saturated carbocycles. The second-order valence-electron chi connectivity index (χ2n) is 7.11. The van der Waals surface area contributed by atoms with Gasteiger partial charge in [-0.1, -0.05) is 11.6 Å². The molecule has 0 saturated heterocycles. The van der Waals surface area contributed by atoms with E-state index in [1.54, 1.807) is 0 Å². The van der Waals surface area contributed by atoms with Gasteiger partial charge in [-0.3, -0.25) is 4.79 Å². The summed E-state index contributed by atoms with van der Waals surface area (Å²) in [5.74, 6) is -1.78. The number of aromatic nitrogens is 1. The van der Waals surface area contributed by atoms with E-state index in [9.17, 15) is 30.8 Å². The predicted molar refractivity (Wildman–Crippen MR) is 103 cm³/mol. The number of carbonyl (C=O) groups excluding carboxylic acids is 1. The van der Waals surface area contributed by atoms with Gasteiger partial charge in [-0.05, 0) is 43.0 Å². The van der Waals surface area contributed by atoms with Crippen LogP contribution in [0.2, 0.25) is 5.15 Å². The number of carbonyl (C=O) groups is 1. The molecule has 31 heavy (non-hydrogen) atoms. The lowest BCUT2D eigenvalue weighted by molar-refractivity contribution is -0.137. The topological polar surface area (TPSA) is 85.4 Å². The molecule has 168 valence electrons. The Kier molecular flexibility index (Phi) is 6.47. The highest BCUT2D eigenvalue weighted by atomic mass is 35.5. The molecule has 2 aromatic rings. The first kappa shape index (κ1) is 23.3. The average Bonchev–Trinajstić information content (AvgIpc) is 2.64. The number of methoxy groups -OCH3 is 1. The minimum absolute atomic E-state index is 0.0626. The molecule has 6 nitrogen and oxygen atoms in total. The van der Waals surface area contributed by atoms with Crippen LogP contribution in [0.15, 0.2) is 35.2 Å². The van der Waals surface area contributed by atoms with Gasteiger partial charge in [-0.15, -0.1) is 0 Å². The Labute approximate surface area is 180 Å². The Balaban J connectivity index is 1.62. The molecule has 1 aliphatic rings. The Morgan fingerprint density at radius 3 is 2.52 bits per heavy atom. The van der Waals surface area contributed by atoms with Crippen molar-refractivity contribution in [1.82, 2.24) is 10.3 Å². The summed E-state index contributed by atoms with van der Waals surface area (Å²) in [5, 5.41) is 1.76. The third-order valence-corrected chi connectivity index (χ3v) is 7.30. The van der Waals surface area contributed by atoms with E-state index in [1.807, 2.05) is 0 Å². The minimum Gasteiger partial charge on any atom is -0.481 e. The molecule has 1 fully saturated rings. The predicted octanol–water partition coefficient (Wildman–Crippen LogP) is 3.88. The molecule has 1 amide bonds. The fraction of sp³-hybridized carbons (Fsp3) is 0.368. The summed E-state index contributed by atoms with van der Waals surface area (Å²) in [4.78, 5) is 15.4. The number of alkyl halides is 3. The quantitative estimate of drug-likeness (QED) is 0.501. The van der Waals surface area contributed by atoms with Crippen LogP contribution in [0, 0.1) is 11.7 Å². The zero-order valence-corrected chi connectivity index (χ0v) is 17.6. The van der Waals surface area contributed by atoms with Gasteiger partial charge in [-0.2, -0.15) is 13.2 Å². The maximum Gasteiger partial charge on any atom is 0.416 e. The number of nitrogens with zero attached hydrogens (tertiary/aromatic N) is 1. The fourth-order valence-corrected chi connectivity index (χ4v) is 5.43. The van der Waals surface area contributed by atoms with Gasteiger partial charge in [0, 0.05) is 18.2 Å². The van der Waals surface area contributed by atoms with E-state index in [4.69, 9.17) is 16.3 Å². The van der Waals surface area contributed by atoms with Crippen molar-refractivity contribution in [3.8, 4) is 5.88 Å². The Bertz CT molecular complexity index is 1100. The fourth-order valence-electron chi connectivity index (χ4n) is 3.23. The molecular formula is C19H17ClF4N2O4S. The van der Waals surface area contributed by atoms with E-state index < -0.39 is 43.4 Å². The van der Waals surface area contributed by atoms with Gasteiger partial charge in [0.2, 0.25) is 5.88 Å². The van der Waals surface area contributed by atoms with Crippen LogP contribution in [-0.2, 0) is 16.0 Å². The van der Waals surface area contributed by atoms with Crippen LogP contribution < -0.4 is 10.1 Å². The van der Waals surface area contributed by atoms with Crippen molar-refractivity contribution in [2.24, 2.45) is 5.92 Å². The molecule has 1 N–H and O–H groups in total. The lowest BCUT2D eigenvalue weighted by Gasteiger charge is -2.35. The molecule has 1 aromatic heterocycles. The highest BCUT2D eigenvalue weighted by Crippen LogP contribution is 2.38. The molecule has 0 spiro atoms. The summed E-state index contributed by atoms with van der Waals surface area (Å²) in [6.07, 6.45) is -4.61. The maximum absolute atomic E-state index is 13.6. The first-order valence-corrected chi connectivity index (χ1v) is 10.9. The molecule has 1 aromatic carbocycles. The Morgan fingerprint density at radius 1 is 1.23 bits per heavy atom. The van der Waals surface area contributed by atoms with Crippen molar-refractivity contribution in [1.29, 1.82) is 0 Å². The van der Waals surface area contributed by atoms with Crippen LogP contribution in [0.3, 0.4) is 0 Å². The second-order valence-corrected chi connectivity index (χ2v) is 9.72. The van der Waals surface area contributed by atoms with Crippen molar-refractivity contribution in [3.05, 3.63) is 52.4 Å². The van der Waals surface area contributed by atoms with Crippen molar-refractivity contribution in [3.63, 3.8) is 0 Å². The summed E-state index contributed by atoms with van der Waals surface area (Å²) in [6, 6.07) is 4.00. The van der Waals surface area contributed by atoms with Crippen LogP contribution in [0.5, 0.6) is 5.88 Å². The van der Waals surface area contributed by atoms with Crippen LogP contribution in [0.25, 0.3) is 0 Å². The minimum atomic E-state index is -4.86. The monoisotopic (exact) mass is 480 g/mol. The third-order valence-electron chi connectivity index (χ3n) is 4.95. The first-order chi connectivity index (χ1) is 14.4.